The first-order valence-electron chi connectivity index (χ1n) is 9.63. The van der Waals surface area contributed by atoms with Crippen molar-refractivity contribution in [1.29, 1.82) is 0 Å². The number of nitrogens with zero attached hydrogens (tertiary/aromatic N) is 3. The number of carbonyl (C=O) groups excluding carboxylic acids is 1. The normalized spacial score (nSPS) is 16.5. The van der Waals surface area contributed by atoms with E-state index in [2.05, 4.69) is 10.1 Å². The van der Waals surface area contributed by atoms with E-state index in [1.165, 1.54) is 0 Å². The van der Waals surface area contributed by atoms with Gasteiger partial charge in [-0.3, -0.25) is 4.79 Å². The summed E-state index contributed by atoms with van der Waals surface area (Å²) in [7, 11) is 3.19. The second-order valence-corrected chi connectivity index (χ2v) is 6.90. The number of hydrogen-bond acceptors (Lipinski definition) is 6. The number of benzene rings is 2. The Morgan fingerprint density at radius 1 is 1.07 bits per heavy atom. The minimum absolute atomic E-state index is 0.0867. The number of carbonyl (C=O) groups is 1. The van der Waals surface area contributed by atoms with Gasteiger partial charge in [-0.2, -0.15) is 4.98 Å². The summed E-state index contributed by atoms with van der Waals surface area (Å²) in [4.78, 5) is 19.6. The molecular formula is C22H23N3O4. The van der Waals surface area contributed by atoms with Gasteiger partial charge in [-0.25, -0.2) is 0 Å². The summed E-state index contributed by atoms with van der Waals surface area (Å²) in [6.45, 7) is 0.641. The lowest BCUT2D eigenvalue weighted by Crippen LogP contribution is -2.38. The SMILES string of the molecule is COc1ccc(-c2noc(C3CCCCN3C(=O)c3ccccc3OC)n2)cc1. The zero-order valence-corrected chi connectivity index (χ0v) is 16.5. The number of methoxy groups -OCH3 is 2. The molecule has 4 rings (SSSR count). The molecule has 1 aliphatic rings. The van der Waals surface area contributed by atoms with Gasteiger partial charge in [0, 0.05) is 12.1 Å². The molecule has 0 spiro atoms. The molecule has 150 valence electrons. The van der Waals surface area contributed by atoms with Crippen LogP contribution >= 0.6 is 0 Å². The molecule has 1 atom stereocenters. The molecule has 1 amide bonds. The van der Waals surface area contributed by atoms with Crippen molar-refractivity contribution in [3.05, 3.63) is 60.0 Å². The van der Waals surface area contributed by atoms with Gasteiger partial charge >= 0.3 is 0 Å². The molecule has 7 heteroatoms. The van der Waals surface area contributed by atoms with Crippen LogP contribution in [0.25, 0.3) is 11.4 Å². The van der Waals surface area contributed by atoms with Gasteiger partial charge in [0.25, 0.3) is 5.91 Å². The summed E-state index contributed by atoms with van der Waals surface area (Å²) < 4.78 is 16.1. The molecule has 0 N–H and O–H groups in total. The Bertz CT molecular complexity index is 984. The van der Waals surface area contributed by atoms with Crippen LogP contribution in [-0.4, -0.2) is 41.7 Å². The zero-order valence-electron chi connectivity index (χ0n) is 16.5. The Hall–Kier alpha value is -3.35. The van der Waals surface area contributed by atoms with E-state index < -0.39 is 0 Å². The van der Waals surface area contributed by atoms with Crippen LogP contribution in [0, 0.1) is 0 Å². The Morgan fingerprint density at radius 3 is 2.62 bits per heavy atom. The van der Waals surface area contributed by atoms with Crippen molar-refractivity contribution in [1.82, 2.24) is 15.0 Å². The van der Waals surface area contributed by atoms with Crippen molar-refractivity contribution in [2.45, 2.75) is 25.3 Å². The summed E-state index contributed by atoms with van der Waals surface area (Å²) in [6, 6.07) is 14.5. The lowest BCUT2D eigenvalue weighted by Gasteiger charge is -2.33. The molecule has 0 bridgehead atoms. The van der Waals surface area contributed by atoms with Gasteiger partial charge in [-0.15, -0.1) is 0 Å². The second kappa shape index (κ2) is 8.34. The van der Waals surface area contributed by atoms with E-state index in [-0.39, 0.29) is 11.9 Å². The first-order valence-corrected chi connectivity index (χ1v) is 9.63. The largest absolute Gasteiger partial charge is 0.497 e. The van der Waals surface area contributed by atoms with Gasteiger partial charge in [-0.05, 0) is 55.7 Å². The standard InChI is InChI=1S/C22H23N3O4/c1-27-16-12-10-15(11-13-16)20-23-21(29-24-20)18-8-5-6-14-25(18)22(26)17-7-3-4-9-19(17)28-2/h3-4,7,9-13,18H,5-6,8,14H2,1-2H3. The summed E-state index contributed by atoms with van der Waals surface area (Å²) in [6.07, 6.45) is 2.72. The van der Waals surface area contributed by atoms with Crippen molar-refractivity contribution >= 4 is 5.91 Å². The van der Waals surface area contributed by atoms with Crippen LogP contribution in [0.15, 0.2) is 53.1 Å². The number of aromatic nitrogens is 2. The Morgan fingerprint density at radius 2 is 1.86 bits per heavy atom. The fourth-order valence-electron chi connectivity index (χ4n) is 3.64. The first kappa shape index (κ1) is 19.0. The molecule has 1 fully saturated rings. The van der Waals surface area contributed by atoms with Gasteiger partial charge in [-0.1, -0.05) is 17.3 Å². The zero-order chi connectivity index (χ0) is 20.2. The maximum absolute atomic E-state index is 13.3. The van der Waals surface area contributed by atoms with Crippen LogP contribution in [0.4, 0.5) is 0 Å². The van der Waals surface area contributed by atoms with Crippen LogP contribution < -0.4 is 9.47 Å². The third-order valence-electron chi connectivity index (χ3n) is 5.18. The predicted octanol–water partition coefficient (Wildman–Crippen LogP) is 4.12. The molecule has 1 unspecified atom stereocenters. The predicted molar refractivity (Wildman–Crippen MR) is 107 cm³/mol. The van der Waals surface area contributed by atoms with Gasteiger partial charge in [0.2, 0.25) is 11.7 Å². The van der Waals surface area contributed by atoms with Gasteiger partial charge < -0.3 is 18.9 Å². The summed E-state index contributed by atoms with van der Waals surface area (Å²) in [5.41, 5.74) is 1.37. The Balaban J connectivity index is 1.61. The van der Waals surface area contributed by atoms with Crippen LogP contribution in [0.1, 0.15) is 41.6 Å². The summed E-state index contributed by atoms with van der Waals surface area (Å²) >= 11 is 0. The summed E-state index contributed by atoms with van der Waals surface area (Å²) in [5.74, 6) is 2.19. The third kappa shape index (κ3) is 3.81. The molecule has 0 aliphatic carbocycles. The number of rotatable bonds is 5. The quantitative estimate of drug-likeness (QED) is 0.649. The Kier molecular flexibility index (Phi) is 5.46. The summed E-state index contributed by atoms with van der Waals surface area (Å²) in [5, 5.41) is 4.13. The molecule has 3 aromatic rings. The molecule has 7 nitrogen and oxygen atoms in total. The average molecular weight is 393 g/mol. The molecule has 2 heterocycles. The Labute approximate surface area is 169 Å². The van der Waals surface area contributed by atoms with E-state index in [0.29, 0.717) is 29.6 Å². The van der Waals surface area contributed by atoms with Gasteiger partial charge in [0.15, 0.2) is 0 Å². The van der Waals surface area contributed by atoms with Crippen molar-refractivity contribution in [2.75, 3.05) is 20.8 Å². The molecule has 1 aromatic heterocycles. The fraction of sp³-hybridized carbons (Fsp3) is 0.318. The molecule has 0 radical (unpaired) electrons. The highest BCUT2D eigenvalue weighted by atomic mass is 16.5. The van der Waals surface area contributed by atoms with Crippen molar-refractivity contribution in [2.24, 2.45) is 0 Å². The number of likely N-dealkylation sites (tertiary alicyclic amines) is 1. The number of para-hydroxylation sites is 1. The molecule has 1 aliphatic heterocycles. The highest BCUT2D eigenvalue weighted by Crippen LogP contribution is 2.33. The average Bonchev–Trinajstić information content (AvgIpc) is 3.29. The number of amides is 1. The smallest absolute Gasteiger partial charge is 0.258 e. The van der Waals surface area contributed by atoms with Gasteiger partial charge in [0.1, 0.15) is 17.5 Å². The number of hydrogen-bond donors (Lipinski definition) is 0. The minimum Gasteiger partial charge on any atom is -0.497 e. The van der Waals surface area contributed by atoms with Crippen LogP contribution in [0.3, 0.4) is 0 Å². The maximum atomic E-state index is 13.3. The van der Waals surface area contributed by atoms with Crippen LogP contribution in [-0.2, 0) is 0 Å². The third-order valence-corrected chi connectivity index (χ3v) is 5.18. The van der Waals surface area contributed by atoms with Gasteiger partial charge in [0.05, 0.1) is 19.8 Å². The number of piperidine rings is 1. The molecule has 1 saturated heterocycles. The van der Waals surface area contributed by atoms with E-state index in [1.54, 1.807) is 26.4 Å². The monoisotopic (exact) mass is 393 g/mol. The number of ether oxygens (including phenoxy) is 2. The highest BCUT2D eigenvalue weighted by molar-refractivity contribution is 5.97. The molecule has 0 saturated carbocycles. The first-order chi connectivity index (χ1) is 14.2. The lowest BCUT2D eigenvalue weighted by molar-refractivity contribution is 0.0558. The topological polar surface area (TPSA) is 77.7 Å². The van der Waals surface area contributed by atoms with Crippen LogP contribution in [0.2, 0.25) is 0 Å². The van der Waals surface area contributed by atoms with E-state index in [4.69, 9.17) is 14.0 Å². The van der Waals surface area contributed by atoms with E-state index in [1.807, 2.05) is 41.3 Å². The highest BCUT2D eigenvalue weighted by Gasteiger charge is 2.33. The lowest BCUT2D eigenvalue weighted by atomic mass is 10.0. The van der Waals surface area contributed by atoms with E-state index in [0.717, 1.165) is 30.6 Å². The van der Waals surface area contributed by atoms with E-state index >= 15 is 0 Å². The second-order valence-electron chi connectivity index (χ2n) is 6.90. The maximum Gasteiger partial charge on any atom is 0.258 e. The van der Waals surface area contributed by atoms with Crippen molar-refractivity contribution in [3.63, 3.8) is 0 Å². The minimum atomic E-state index is -0.249. The molecule has 29 heavy (non-hydrogen) atoms. The van der Waals surface area contributed by atoms with E-state index in [9.17, 15) is 4.79 Å². The van der Waals surface area contributed by atoms with Crippen molar-refractivity contribution in [3.8, 4) is 22.9 Å². The fourth-order valence-corrected chi connectivity index (χ4v) is 3.64. The van der Waals surface area contributed by atoms with Crippen LogP contribution in [0.5, 0.6) is 11.5 Å². The molecular weight excluding hydrogens is 370 g/mol. The molecule has 2 aromatic carbocycles. The van der Waals surface area contributed by atoms with Crippen molar-refractivity contribution < 1.29 is 18.8 Å².